The minimum atomic E-state index is 0.460. The molecule has 90 valence electrons. The topological polar surface area (TPSA) is 58.8 Å². The van der Waals surface area contributed by atoms with E-state index in [0.717, 1.165) is 17.7 Å². The van der Waals surface area contributed by atoms with Gasteiger partial charge in [0.05, 0.1) is 12.2 Å². The summed E-state index contributed by atoms with van der Waals surface area (Å²) >= 11 is 0. The minimum Gasteiger partial charge on any atom is -0.494 e. The third kappa shape index (κ3) is 2.83. The Balaban J connectivity index is 2.15. The Morgan fingerprint density at radius 3 is 2.39 bits per heavy atom. The molecule has 0 unspecified atom stereocenters. The molecule has 0 aliphatic rings. The van der Waals surface area contributed by atoms with E-state index < -0.39 is 0 Å². The highest BCUT2D eigenvalue weighted by Gasteiger charge is 2.01. The van der Waals surface area contributed by atoms with Crippen molar-refractivity contribution in [3.8, 4) is 23.2 Å². The average Bonchev–Trinajstić information content (AvgIpc) is 2.46. The lowest BCUT2D eigenvalue weighted by molar-refractivity contribution is 0.317. The number of rotatable bonds is 4. The lowest BCUT2D eigenvalue weighted by Gasteiger charge is -2.05. The van der Waals surface area contributed by atoms with Crippen molar-refractivity contribution in [2.45, 2.75) is 13.3 Å². The molecular weight excluding hydrogens is 226 g/mol. The monoisotopic (exact) mass is 239 g/mol. The van der Waals surface area contributed by atoms with E-state index in [1.165, 1.54) is 12.4 Å². The summed E-state index contributed by atoms with van der Waals surface area (Å²) in [4.78, 5) is 8.27. The molecule has 0 bridgehead atoms. The maximum atomic E-state index is 8.67. The van der Waals surface area contributed by atoms with Crippen LogP contribution in [0.5, 0.6) is 5.75 Å². The van der Waals surface area contributed by atoms with E-state index >= 15 is 0 Å². The predicted molar refractivity (Wildman–Crippen MR) is 68.0 cm³/mol. The summed E-state index contributed by atoms with van der Waals surface area (Å²) in [6.07, 6.45) is 4.02. The summed E-state index contributed by atoms with van der Waals surface area (Å²) in [5.41, 5.74) is 1.37. The Bertz CT molecular complexity index is 541. The molecule has 4 heteroatoms. The minimum absolute atomic E-state index is 0.460. The van der Waals surface area contributed by atoms with Crippen molar-refractivity contribution < 1.29 is 4.74 Å². The number of aromatic nitrogens is 2. The Morgan fingerprint density at radius 1 is 1.17 bits per heavy atom. The highest BCUT2D eigenvalue weighted by atomic mass is 16.5. The summed E-state index contributed by atoms with van der Waals surface area (Å²) in [6, 6.07) is 9.60. The number of hydrogen-bond donors (Lipinski definition) is 0. The van der Waals surface area contributed by atoms with E-state index in [9.17, 15) is 0 Å². The molecule has 4 nitrogen and oxygen atoms in total. The zero-order valence-corrected chi connectivity index (χ0v) is 10.1. The molecule has 0 radical (unpaired) electrons. The Kier molecular flexibility index (Phi) is 3.87. The van der Waals surface area contributed by atoms with Crippen molar-refractivity contribution in [1.29, 1.82) is 5.26 Å². The van der Waals surface area contributed by atoms with Gasteiger partial charge in [0.25, 0.3) is 0 Å². The van der Waals surface area contributed by atoms with Gasteiger partial charge in [0.1, 0.15) is 11.8 Å². The Morgan fingerprint density at radius 2 is 1.83 bits per heavy atom. The second-order valence-electron chi connectivity index (χ2n) is 3.78. The highest BCUT2D eigenvalue weighted by molar-refractivity contribution is 5.56. The second kappa shape index (κ2) is 5.78. The van der Waals surface area contributed by atoms with Gasteiger partial charge in [0, 0.05) is 18.0 Å². The first-order valence-electron chi connectivity index (χ1n) is 5.79. The molecule has 0 aliphatic carbocycles. The molecule has 0 aliphatic heterocycles. The fraction of sp³-hybridized carbons (Fsp3) is 0.214. The van der Waals surface area contributed by atoms with Gasteiger partial charge in [0.2, 0.25) is 0 Å². The quantitative estimate of drug-likeness (QED) is 0.823. The van der Waals surface area contributed by atoms with Crippen LogP contribution in [0.25, 0.3) is 11.4 Å². The van der Waals surface area contributed by atoms with E-state index in [1.807, 2.05) is 30.3 Å². The molecule has 18 heavy (non-hydrogen) atoms. The highest BCUT2D eigenvalue weighted by Crippen LogP contribution is 2.19. The van der Waals surface area contributed by atoms with Gasteiger partial charge in [-0.3, -0.25) is 0 Å². The lowest BCUT2D eigenvalue weighted by atomic mass is 10.2. The zero-order valence-electron chi connectivity index (χ0n) is 10.1. The zero-order chi connectivity index (χ0) is 12.8. The molecule has 1 aromatic carbocycles. The van der Waals surface area contributed by atoms with Crippen molar-refractivity contribution >= 4 is 0 Å². The predicted octanol–water partition coefficient (Wildman–Crippen LogP) is 2.80. The number of hydrogen-bond acceptors (Lipinski definition) is 4. The molecule has 0 amide bonds. The van der Waals surface area contributed by atoms with Crippen LogP contribution in [0.2, 0.25) is 0 Å². The van der Waals surface area contributed by atoms with Crippen LogP contribution in [-0.4, -0.2) is 16.6 Å². The fourth-order valence-electron chi connectivity index (χ4n) is 1.45. The van der Waals surface area contributed by atoms with Crippen molar-refractivity contribution in [3.05, 3.63) is 42.2 Å². The Labute approximate surface area is 106 Å². The van der Waals surface area contributed by atoms with Crippen LogP contribution in [0.15, 0.2) is 36.7 Å². The third-order valence-electron chi connectivity index (χ3n) is 2.37. The molecule has 0 spiro atoms. The molecule has 0 saturated carbocycles. The van der Waals surface area contributed by atoms with Gasteiger partial charge >= 0.3 is 0 Å². The average molecular weight is 239 g/mol. The summed E-state index contributed by atoms with van der Waals surface area (Å²) in [5, 5.41) is 8.67. The van der Waals surface area contributed by atoms with Gasteiger partial charge < -0.3 is 4.74 Å². The SMILES string of the molecule is CCCOc1ccc(-c2ncc(C#N)cn2)cc1. The second-order valence-corrected chi connectivity index (χ2v) is 3.78. The maximum absolute atomic E-state index is 8.67. The number of ether oxygens (including phenoxy) is 1. The van der Waals surface area contributed by atoms with E-state index in [4.69, 9.17) is 10.00 Å². The van der Waals surface area contributed by atoms with Crippen LogP contribution in [0.4, 0.5) is 0 Å². The Hall–Kier alpha value is -2.41. The molecular formula is C14H13N3O. The molecule has 0 fully saturated rings. The maximum Gasteiger partial charge on any atom is 0.159 e. The summed E-state index contributed by atoms with van der Waals surface area (Å²) in [5.74, 6) is 1.45. The van der Waals surface area contributed by atoms with Crippen LogP contribution < -0.4 is 4.74 Å². The molecule has 0 atom stereocenters. The normalized spacial score (nSPS) is 9.78. The van der Waals surface area contributed by atoms with Gasteiger partial charge in [-0.05, 0) is 30.7 Å². The van der Waals surface area contributed by atoms with Gasteiger partial charge in [-0.15, -0.1) is 0 Å². The van der Waals surface area contributed by atoms with E-state index in [-0.39, 0.29) is 0 Å². The first-order chi connectivity index (χ1) is 8.83. The molecule has 1 heterocycles. The van der Waals surface area contributed by atoms with Gasteiger partial charge in [-0.1, -0.05) is 6.92 Å². The largest absolute Gasteiger partial charge is 0.494 e. The van der Waals surface area contributed by atoms with Crippen LogP contribution in [-0.2, 0) is 0 Å². The fourth-order valence-corrected chi connectivity index (χ4v) is 1.45. The molecule has 1 aromatic heterocycles. The van der Waals surface area contributed by atoms with Crippen LogP contribution in [0.3, 0.4) is 0 Å². The van der Waals surface area contributed by atoms with Crippen LogP contribution in [0.1, 0.15) is 18.9 Å². The van der Waals surface area contributed by atoms with Gasteiger partial charge in [0.15, 0.2) is 5.82 Å². The summed E-state index contributed by atoms with van der Waals surface area (Å²) in [7, 11) is 0. The van der Waals surface area contributed by atoms with Crippen molar-refractivity contribution in [3.63, 3.8) is 0 Å². The first-order valence-corrected chi connectivity index (χ1v) is 5.79. The van der Waals surface area contributed by atoms with E-state index in [1.54, 1.807) is 0 Å². The number of nitriles is 1. The van der Waals surface area contributed by atoms with Crippen molar-refractivity contribution in [1.82, 2.24) is 9.97 Å². The van der Waals surface area contributed by atoms with E-state index in [0.29, 0.717) is 18.0 Å². The van der Waals surface area contributed by atoms with Crippen molar-refractivity contribution in [2.75, 3.05) is 6.61 Å². The molecule has 0 N–H and O–H groups in total. The smallest absolute Gasteiger partial charge is 0.159 e. The van der Waals surface area contributed by atoms with E-state index in [2.05, 4.69) is 16.9 Å². The van der Waals surface area contributed by atoms with Crippen LogP contribution >= 0.6 is 0 Å². The van der Waals surface area contributed by atoms with Crippen LogP contribution in [0, 0.1) is 11.3 Å². The standard InChI is InChI=1S/C14H13N3O/c1-2-7-18-13-5-3-12(4-6-13)14-16-9-11(8-15)10-17-14/h3-6,9-10H,2,7H2,1H3. The molecule has 2 rings (SSSR count). The van der Waals surface area contributed by atoms with Gasteiger partial charge in [-0.2, -0.15) is 5.26 Å². The number of benzene rings is 1. The molecule has 2 aromatic rings. The van der Waals surface area contributed by atoms with Crippen molar-refractivity contribution in [2.24, 2.45) is 0 Å². The number of nitrogens with zero attached hydrogens (tertiary/aromatic N) is 3. The molecule has 0 saturated heterocycles. The first kappa shape index (κ1) is 12.1. The summed E-state index contributed by atoms with van der Waals surface area (Å²) in [6.45, 7) is 2.78. The lowest BCUT2D eigenvalue weighted by Crippen LogP contribution is -1.95. The third-order valence-corrected chi connectivity index (χ3v) is 2.37. The summed E-state index contributed by atoms with van der Waals surface area (Å²) < 4.78 is 5.50. The van der Waals surface area contributed by atoms with Gasteiger partial charge in [-0.25, -0.2) is 9.97 Å².